The fraction of sp³-hybridized carbons (Fsp3) is 0.333. The molecule has 0 spiro atoms. The van der Waals surface area contributed by atoms with Gasteiger partial charge in [-0.1, -0.05) is 23.7 Å². The number of nitrogens with one attached hydrogen (secondary N) is 1. The summed E-state index contributed by atoms with van der Waals surface area (Å²) in [5, 5.41) is 3.63. The van der Waals surface area contributed by atoms with E-state index in [1.54, 1.807) is 49.5 Å². The van der Waals surface area contributed by atoms with Gasteiger partial charge in [0.15, 0.2) is 0 Å². The Balaban J connectivity index is 1.72. The van der Waals surface area contributed by atoms with Gasteiger partial charge in [-0.2, -0.15) is 0 Å². The van der Waals surface area contributed by atoms with E-state index in [0.717, 1.165) is 5.56 Å². The predicted molar refractivity (Wildman–Crippen MR) is 108 cm³/mol. The third kappa shape index (κ3) is 4.22. The topological polar surface area (TPSA) is 67.9 Å². The molecule has 0 saturated carbocycles. The molecule has 0 aliphatic carbocycles. The standard InChI is InChI=1S/C21H23ClN2O4/c1-13(14-4-6-16(22)7-5-14)23-21(26)15-10-20(25)24(12-15)18-11-17(27-2)8-9-19(18)28-3/h4-9,11,13,15H,10,12H2,1-3H3,(H,23,26). The summed E-state index contributed by atoms with van der Waals surface area (Å²) in [6.45, 7) is 2.20. The SMILES string of the molecule is COc1ccc(OC)c(N2CC(C(=O)NC(C)c3ccc(Cl)cc3)CC2=O)c1. The largest absolute Gasteiger partial charge is 0.497 e. The van der Waals surface area contributed by atoms with Gasteiger partial charge >= 0.3 is 0 Å². The van der Waals surface area contributed by atoms with Gasteiger partial charge in [-0.25, -0.2) is 0 Å². The first-order valence-electron chi connectivity index (χ1n) is 9.01. The molecule has 1 aliphatic heterocycles. The fourth-order valence-corrected chi connectivity index (χ4v) is 3.42. The lowest BCUT2D eigenvalue weighted by atomic mass is 10.1. The van der Waals surface area contributed by atoms with E-state index in [0.29, 0.717) is 28.8 Å². The van der Waals surface area contributed by atoms with Crippen molar-refractivity contribution in [2.45, 2.75) is 19.4 Å². The monoisotopic (exact) mass is 402 g/mol. The summed E-state index contributed by atoms with van der Waals surface area (Å²) >= 11 is 5.91. The van der Waals surface area contributed by atoms with Gasteiger partial charge < -0.3 is 19.7 Å². The van der Waals surface area contributed by atoms with Crippen LogP contribution in [0.5, 0.6) is 11.5 Å². The van der Waals surface area contributed by atoms with Gasteiger partial charge in [0, 0.05) is 24.1 Å². The van der Waals surface area contributed by atoms with Gasteiger partial charge in [0.25, 0.3) is 0 Å². The van der Waals surface area contributed by atoms with Gasteiger partial charge in [0.05, 0.1) is 31.9 Å². The van der Waals surface area contributed by atoms with Crippen molar-refractivity contribution in [1.82, 2.24) is 5.32 Å². The van der Waals surface area contributed by atoms with Gasteiger partial charge in [0.1, 0.15) is 11.5 Å². The van der Waals surface area contributed by atoms with Gasteiger partial charge in [-0.05, 0) is 36.8 Å². The number of rotatable bonds is 6. The molecule has 2 unspecified atom stereocenters. The average molecular weight is 403 g/mol. The summed E-state index contributed by atoms with van der Waals surface area (Å²) in [4.78, 5) is 26.9. The summed E-state index contributed by atoms with van der Waals surface area (Å²) in [5.41, 5.74) is 1.56. The predicted octanol–water partition coefficient (Wildman–Crippen LogP) is 3.59. The molecule has 0 bridgehead atoms. The van der Waals surface area contributed by atoms with E-state index in [-0.39, 0.29) is 24.3 Å². The number of hydrogen-bond donors (Lipinski definition) is 1. The molecule has 1 heterocycles. The molecule has 2 atom stereocenters. The fourth-order valence-electron chi connectivity index (χ4n) is 3.29. The number of hydrogen-bond acceptors (Lipinski definition) is 4. The molecule has 1 saturated heterocycles. The summed E-state index contributed by atoms with van der Waals surface area (Å²) in [5.74, 6) is 0.474. The second-order valence-electron chi connectivity index (χ2n) is 6.72. The second kappa shape index (κ2) is 8.52. The van der Waals surface area contributed by atoms with Crippen LogP contribution < -0.4 is 19.7 Å². The van der Waals surface area contributed by atoms with E-state index in [2.05, 4.69) is 5.32 Å². The zero-order valence-corrected chi connectivity index (χ0v) is 16.8. The highest BCUT2D eigenvalue weighted by molar-refractivity contribution is 6.30. The van der Waals surface area contributed by atoms with Gasteiger partial charge in [0.2, 0.25) is 11.8 Å². The number of anilines is 1. The summed E-state index contributed by atoms with van der Waals surface area (Å²) in [7, 11) is 3.11. The maximum absolute atomic E-state index is 12.7. The molecule has 1 aliphatic rings. The van der Waals surface area contributed by atoms with E-state index >= 15 is 0 Å². The minimum Gasteiger partial charge on any atom is -0.497 e. The number of nitrogens with zero attached hydrogens (tertiary/aromatic N) is 1. The summed E-state index contributed by atoms with van der Waals surface area (Å²) in [6, 6.07) is 12.4. The number of ether oxygens (including phenoxy) is 2. The van der Waals surface area contributed by atoms with Gasteiger partial charge in [-0.3, -0.25) is 9.59 Å². The minimum atomic E-state index is -0.432. The Kier molecular flexibility index (Phi) is 6.09. The highest BCUT2D eigenvalue weighted by atomic mass is 35.5. The van der Waals surface area contributed by atoms with Crippen LogP contribution in [0.1, 0.15) is 24.9 Å². The first kappa shape index (κ1) is 20.0. The number of amides is 2. The van der Waals surface area contributed by atoms with Crippen LogP contribution in [-0.2, 0) is 9.59 Å². The Morgan fingerprint density at radius 3 is 2.54 bits per heavy atom. The lowest BCUT2D eigenvalue weighted by Crippen LogP contribution is -2.34. The smallest absolute Gasteiger partial charge is 0.227 e. The maximum Gasteiger partial charge on any atom is 0.227 e. The molecular weight excluding hydrogens is 380 g/mol. The van der Waals surface area contributed by atoms with Crippen molar-refractivity contribution in [3.8, 4) is 11.5 Å². The highest BCUT2D eigenvalue weighted by Crippen LogP contribution is 2.36. The molecule has 148 valence electrons. The molecular formula is C21H23ClN2O4. The van der Waals surface area contributed by atoms with Crippen LogP contribution in [0.25, 0.3) is 0 Å². The molecule has 6 nitrogen and oxygen atoms in total. The molecule has 2 aromatic carbocycles. The molecule has 0 radical (unpaired) electrons. The van der Waals surface area contributed by atoms with Gasteiger partial charge in [-0.15, -0.1) is 0 Å². The van der Waals surface area contributed by atoms with E-state index in [9.17, 15) is 9.59 Å². The highest BCUT2D eigenvalue weighted by Gasteiger charge is 2.36. The molecule has 3 rings (SSSR count). The summed E-state index contributed by atoms with van der Waals surface area (Å²) in [6.07, 6.45) is 0.152. The molecule has 1 fully saturated rings. The van der Waals surface area contributed by atoms with E-state index < -0.39 is 5.92 Å². The maximum atomic E-state index is 12.7. The van der Waals surface area contributed by atoms with Crippen molar-refractivity contribution >= 4 is 29.1 Å². The quantitative estimate of drug-likeness (QED) is 0.801. The first-order valence-corrected chi connectivity index (χ1v) is 9.39. The number of methoxy groups -OCH3 is 2. The van der Waals surface area contributed by atoms with Crippen LogP contribution in [0.15, 0.2) is 42.5 Å². The van der Waals surface area contributed by atoms with Crippen molar-refractivity contribution in [2.75, 3.05) is 25.7 Å². The Hall–Kier alpha value is -2.73. The molecule has 0 aromatic heterocycles. The number of benzene rings is 2. The Morgan fingerprint density at radius 2 is 1.89 bits per heavy atom. The first-order chi connectivity index (χ1) is 13.4. The van der Waals surface area contributed by atoms with Crippen LogP contribution in [0.3, 0.4) is 0 Å². The van der Waals surface area contributed by atoms with Crippen molar-refractivity contribution in [3.63, 3.8) is 0 Å². The molecule has 2 amide bonds. The molecule has 7 heteroatoms. The van der Waals surface area contributed by atoms with Crippen molar-refractivity contribution in [3.05, 3.63) is 53.1 Å². The normalized spacial score (nSPS) is 17.4. The lowest BCUT2D eigenvalue weighted by molar-refractivity contribution is -0.126. The third-order valence-electron chi connectivity index (χ3n) is 4.90. The molecule has 28 heavy (non-hydrogen) atoms. The number of carbonyl (C=O) groups excluding carboxylic acids is 2. The number of carbonyl (C=O) groups is 2. The Bertz CT molecular complexity index is 869. The van der Waals surface area contributed by atoms with Crippen molar-refractivity contribution < 1.29 is 19.1 Å². The van der Waals surface area contributed by atoms with Crippen LogP contribution in [-0.4, -0.2) is 32.6 Å². The third-order valence-corrected chi connectivity index (χ3v) is 5.15. The van der Waals surface area contributed by atoms with Crippen LogP contribution >= 0.6 is 11.6 Å². The minimum absolute atomic E-state index is 0.120. The lowest BCUT2D eigenvalue weighted by Gasteiger charge is -2.21. The second-order valence-corrected chi connectivity index (χ2v) is 7.16. The zero-order chi connectivity index (χ0) is 20.3. The molecule has 1 N–H and O–H groups in total. The van der Waals surface area contributed by atoms with E-state index in [1.165, 1.54) is 0 Å². The van der Waals surface area contributed by atoms with Crippen LogP contribution in [0, 0.1) is 5.92 Å². The average Bonchev–Trinajstić information content (AvgIpc) is 3.09. The zero-order valence-electron chi connectivity index (χ0n) is 16.1. The Morgan fingerprint density at radius 1 is 1.18 bits per heavy atom. The van der Waals surface area contributed by atoms with E-state index in [4.69, 9.17) is 21.1 Å². The summed E-state index contributed by atoms with van der Waals surface area (Å²) < 4.78 is 10.6. The van der Waals surface area contributed by atoms with Crippen LogP contribution in [0.2, 0.25) is 5.02 Å². The number of halogens is 1. The van der Waals surface area contributed by atoms with E-state index in [1.807, 2.05) is 19.1 Å². The van der Waals surface area contributed by atoms with Crippen molar-refractivity contribution in [2.24, 2.45) is 5.92 Å². The van der Waals surface area contributed by atoms with Crippen molar-refractivity contribution in [1.29, 1.82) is 0 Å². The van der Waals surface area contributed by atoms with Crippen LogP contribution in [0.4, 0.5) is 5.69 Å². The Labute approximate surface area is 169 Å². The molecule has 2 aromatic rings.